The molecular formula is C17H9F4NO3. The Kier molecular flexibility index (Phi) is 4.03. The SMILES string of the molecule is O=C(O)c1cn(Cc2ccc(F)cc2F)c2c(F)ccc(F)c2c1=O. The molecule has 3 rings (SSSR count). The van der Waals surface area contributed by atoms with Crippen molar-refractivity contribution in [1.82, 2.24) is 4.57 Å². The maximum absolute atomic E-state index is 14.2. The molecule has 1 N–H and O–H groups in total. The predicted octanol–water partition coefficient (Wildman–Crippen LogP) is 3.30. The number of aromatic carboxylic acids is 1. The van der Waals surface area contributed by atoms with Crippen LogP contribution in [0.1, 0.15) is 15.9 Å². The minimum Gasteiger partial charge on any atom is -0.477 e. The van der Waals surface area contributed by atoms with Crippen molar-refractivity contribution in [2.45, 2.75) is 6.54 Å². The van der Waals surface area contributed by atoms with Crippen LogP contribution in [-0.4, -0.2) is 15.6 Å². The summed E-state index contributed by atoms with van der Waals surface area (Å²) < 4.78 is 56.0. The van der Waals surface area contributed by atoms with E-state index in [1.54, 1.807) is 0 Å². The van der Waals surface area contributed by atoms with Crippen LogP contribution in [-0.2, 0) is 6.54 Å². The lowest BCUT2D eigenvalue weighted by molar-refractivity contribution is 0.0695. The normalized spacial score (nSPS) is 11.0. The van der Waals surface area contributed by atoms with Crippen LogP contribution in [0.2, 0.25) is 0 Å². The van der Waals surface area contributed by atoms with Gasteiger partial charge in [-0.15, -0.1) is 0 Å². The molecule has 0 aliphatic carbocycles. The van der Waals surface area contributed by atoms with Gasteiger partial charge in [-0.25, -0.2) is 22.4 Å². The van der Waals surface area contributed by atoms with Gasteiger partial charge < -0.3 is 9.67 Å². The molecule has 1 heterocycles. The molecule has 0 bridgehead atoms. The zero-order chi connectivity index (χ0) is 18.3. The molecule has 3 aromatic rings. The zero-order valence-electron chi connectivity index (χ0n) is 12.4. The molecule has 0 saturated carbocycles. The Labute approximate surface area is 137 Å². The Morgan fingerprint density at radius 2 is 1.68 bits per heavy atom. The molecule has 2 aromatic carbocycles. The lowest BCUT2D eigenvalue weighted by atomic mass is 10.1. The molecule has 0 radical (unpaired) electrons. The minimum atomic E-state index is -1.64. The van der Waals surface area contributed by atoms with E-state index < -0.39 is 57.7 Å². The summed E-state index contributed by atoms with van der Waals surface area (Å²) in [6.45, 7) is -0.427. The highest BCUT2D eigenvalue weighted by Gasteiger charge is 2.20. The molecule has 0 aliphatic rings. The van der Waals surface area contributed by atoms with Crippen molar-refractivity contribution in [2.75, 3.05) is 0 Å². The van der Waals surface area contributed by atoms with Crippen LogP contribution in [0.15, 0.2) is 41.3 Å². The molecule has 1 aromatic heterocycles. The number of pyridine rings is 1. The maximum atomic E-state index is 14.2. The quantitative estimate of drug-likeness (QED) is 0.737. The van der Waals surface area contributed by atoms with Gasteiger partial charge in [0.2, 0.25) is 5.43 Å². The molecular weight excluding hydrogens is 342 g/mol. The van der Waals surface area contributed by atoms with E-state index in [9.17, 15) is 27.2 Å². The third-order valence-corrected chi connectivity index (χ3v) is 3.71. The average Bonchev–Trinajstić information content (AvgIpc) is 2.54. The molecule has 0 unspecified atom stereocenters. The van der Waals surface area contributed by atoms with Crippen LogP contribution < -0.4 is 5.43 Å². The maximum Gasteiger partial charge on any atom is 0.341 e. The second-order valence-corrected chi connectivity index (χ2v) is 5.29. The Hall–Kier alpha value is -3.16. The Balaban J connectivity index is 2.33. The summed E-state index contributed by atoms with van der Waals surface area (Å²) in [6.07, 6.45) is 0.804. The number of benzene rings is 2. The molecule has 8 heteroatoms. The largest absolute Gasteiger partial charge is 0.477 e. The first-order valence-corrected chi connectivity index (χ1v) is 6.98. The molecule has 0 spiro atoms. The summed E-state index contributed by atoms with van der Waals surface area (Å²) >= 11 is 0. The Morgan fingerprint density at radius 1 is 1.00 bits per heavy atom. The van der Waals surface area contributed by atoms with E-state index in [-0.39, 0.29) is 5.56 Å². The monoisotopic (exact) mass is 351 g/mol. The van der Waals surface area contributed by atoms with Gasteiger partial charge in [-0.05, 0) is 18.2 Å². The van der Waals surface area contributed by atoms with E-state index in [1.165, 1.54) is 0 Å². The number of carboxylic acid groups (broad SMARTS) is 1. The van der Waals surface area contributed by atoms with Gasteiger partial charge >= 0.3 is 5.97 Å². The van der Waals surface area contributed by atoms with Crippen LogP contribution in [0.25, 0.3) is 10.9 Å². The lowest BCUT2D eigenvalue weighted by Crippen LogP contribution is -2.21. The summed E-state index contributed by atoms with van der Waals surface area (Å²) in [5.41, 5.74) is -2.57. The van der Waals surface area contributed by atoms with Crippen molar-refractivity contribution in [3.63, 3.8) is 0 Å². The molecule has 25 heavy (non-hydrogen) atoms. The van der Waals surface area contributed by atoms with Crippen molar-refractivity contribution in [3.8, 4) is 0 Å². The number of halogens is 4. The number of carbonyl (C=O) groups is 1. The molecule has 0 aliphatic heterocycles. The summed E-state index contributed by atoms with van der Waals surface area (Å²) in [6, 6.07) is 4.14. The Morgan fingerprint density at radius 3 is 2.32 bits per heavy atom. The molecule has 0 saturated heterocycles. The second kappa shape index (κ2) is 6.04. The Bertz CT molecular complexity index is 1080. The van der Waals surface area contributed by atoms with Crippen molar-refractivity contribution >= 4 is 16.9 Å². The van der Waals surface area contributed by atoms with Gasteiger partial charge in [0, 0.05) is 17.8 Å². The van der Waals surface area contributed by atoms with Gasteiger partial charge in [-0.2, -0.15) is 0 Å². The van der Waals surface area contributed by atoms with Crippen molar-refractivity contribution < 1.29 is 27.5 Å². The molecule has 0 fully saturated rings. The van der Waals surface area contributed by atoms with Crippen LogP contribution in [0.4, 0.5) is 17.6 Å². The molecule has 128 valence electrons. The van der Waals surface area contributed by atoms with Gasteiger partial charge in [-0.3, -0.25) is 4.79 Å². The van der Waals surface area contributed by atoms with Crippen LogP contribution in [0.3, 0.4) is 0 Å². The van der Waals surface area contributed by atoms with Crippen LogP contribution >= 0.6 is 0 Å². The van der Waals surface area contributed by atoms with Gasteiger partial charge in [0.15, 0.2) is 0 Å². The van der Waals surface area contributed by atoms with Gasteiger partial charge in [-0.1, -0.05) is 6.07 Å². The van der Waals surface area contributed by atoms with E-state index in [2.05, 4.69) is 0 Å². The number of hydrogen-bond donors (Lipinski definition) is 1. The first-order chi connectivity index (χ1) is 11.8. The fourth-order valence-corrected chi connectivity index (χ4v) is 2.56. The summed E-state index contributed by atoms with van der Waals surface area (Å²) in [5.74, 6) is -5.48. The minimum absolute atomic E-state index is 0.0913. The van der Waals surface area contributed by atoms with Crippen molar-refractivity contribution in [2.24, 2.45) is 0 Å². The van der Waals surface area contributed by atoms with Gasteiger partial charge in [0.1, 0.15) is 28.8 Å². The number of rotatable bonds is 3. The third kappa shape index (κ3) is 2.86. The number of aromatic nitrogens is 1. The molecule has 0 amide bonds. The second-order valence-electron chi connectivity index (χ2n) is 5.29. The topological polar surface area (TPSA) is 59.3 Å². The summed E-state index contributed by atoms with van der Waals surface area (Å²) in [7, 11) is 0. The lowest BCUT2D eigenvalue weighted by Gasteiger charge is -2.14. The fourth-order valence-electron chi connectivity index (χ4n) is 2.56. The van der Waals surface area contributed by atoms with Crippen molar-refractivity contribution in [3.05, 3.63) is 81.1 Å². The summed E-state index contributed by atoms with van der Waals surface area (Å²) in [4.78, 5) is 23.4. The summed E-state index contributed by atoms with van der Waals surface area (Å²) in [5, 5.41) is 8.37. The first-order valence-electron chi connectivity index (χ1n) is 6.98. The van der Waals surface area contributed by atoms with Crippen molar-refractivity contribution in [1.29, 1.82) is 0 Å². The van der Waals surface area contributed by atoms with Gasteiger partial charge in [0.05, 0.1) is 17.4 Å². The van der Waals surface area contributed by atoms with Crippen LogP contribution in [0.5, 0.6) is 0 Å². The number of carboxylic acids is 1. The number of nitrogens with zero attached hydrogens (tertiary/aromatic N) is 1. The van der Waals surface area contributed by atoms with E-state index >= 15 is 0 Å². The zero-order valence-corrected chi connectivity index (χ0v) is 12.4. The fraction of sp³-hybridized carbons (Fsp3) is 0.0588. The van der Waals surface area contributed by atoms with E-state index in [4.69, 9.17) is 5.11 Å². The van der Waals surface area contributed by atoms with Crippen LogP contribution in [0, 0.1) is 23.3 Å². The molecule has 4 nitrogen and oxygen atoms in total. The van der Waals surface area contributed by atoms with E-state index in [1.807, 2.05) is 0 Å². The highest BCUT2D eigenvalue weighted by Crippen LogP contribution is 2.21. The highest BCUT2D eigenvalue weighted by atomic mass is 19.1. The smallest absolute Gasteiger partial charge is 0.341 e. The third-order valence-electron chi connectivity index (χ3n) is 3.71. The average molecular weight is 351 g/mol. The highest BCUT2D eigenvalue weighted by molar-refractivity contribution is 5.92. The standard InChI is InChI=1S/C17H9F4NO3/c18-9-2-1-8(13(21)5-9)6-22-7-10(17(24)25)16(23)14-11(19)3-4-12(20)15(14)22/h1-5,7H,6H2,(H,24,25). The predicted molar refractivity (Wildman–Crippen MR) is 80.5 cm³/mol. The number of fused-ring (bicyclic) bond motifs is 1. The van der Waals surface area contributed by atoms with E-state index in [0.717, 1.165) is 29.0 Å². The van der Waals surface area contributed by atoms with E-state index in [0.29, 0.717) is 12.1 Å². The number of hydrogen-bond acceptors (Lipinski definition) is 2. The first kappa shape index (κ1) is 16.7. The van der Waals surface area contributed by atoms with Gasteiger partial charge in [0.25, 0.3) is 0 Å². The molecule has 0 atom stereocenters.